The third-order valence-corrected chi connectivity index (χ3v) is 6.04. The van der Waals surface area contributed by atoms with Gasteiger partial charge in [0.25, 0.3) is 0 Å². The zero-order chi connectivity index (χ0) is 21.0. The molecule has 0 saturated carbocycles. The molecule has 1 aliphatic heterocycles. The van der Waals surface area contributed by atoms with Gasteiger partial charge in [0.2, 0.25) is 16.8 Å². The Labute approximate surface area is 184 Å². The first-order valence-electron chi connectivity index (χ1n) is 10.1. The molecule has 1 fully saturated rings. The average Bonchev–Trinajstić information content (AvgIpc) is 3.51. The number of rotatable bonds is 6. The van der Waals surface area contributed by atoms with Gasteiger partial charge in [0.05, 0.1) is 13.7 Å². The molecule has 0 atom stereocenters. The molecule has 0 spiro atoms. The maximum absolute atomic E-state index is 5.47. The van der Waals surface area contributed by atoms with E-state index in [2.05, 4.69) is 24.3 Å². The number of piperazine rings is 1. The molecule has 0 amide bonds. The molecule has 5 rings (SSSR count). The Balaban J connectivity index is 1.17. The molecular weight excluding hydrogens is 412 g/mol. The number of methoxy groups -OCH3 is 1. The fourth-order valence-corrected chi connectivity index (χ4v) is 4.25. The molecule has 0 unspecified atom stereocenters. The van der Waals surface area contributed by atoms with Gasteiger partial charge in [0.15, 0.2) is 5.82 Å². The van der Waals surface area contributed by atoms with Crippen LogP contribution in [0.25, 0.3) is 22.8 Å². The first-order chi connectivity index (χ1) is 15.3. The van der Waals surface area contributed by atoms with Gasteiger partial charge >= 0.3 is 0 Å². The molecule has 8 nitrogen and oxygen atoms in total. The Morgan fingerprint density at radius 2 is 1.65 bits per heavy atom. The molecular formula is C22H22N6O2S. The normalized spacial score (nSPS) is 14.7. The van der Waals surface area contributed by atoms with Gasteiger partial charge in [-0.1, -0.05) is 35.5 Å². The maximum atomic E-state index is 5.47. The van der Waals surface area contributed by atoms with Crippen molar-refractivity contribution in [3.8, 4) is 28.5 Å². The zero-order valence-corrected chi connectivity index (χ0v) is 18.0. The van der Waals surface area contributed by atoms with Crippen molar-refractivity contribution >= 4 is 16.7 Å². The summed E-state index contributed by atoms with van der Waals surface area (Å²) in [5.41, 5.74) is 1.96. The fraction of sp³-hybridized carbons (Fsp3) is 0.273. The number of nitrogens with zero attached hydrogens (tertiary/aromatic N) is 6. The highest BCUT2D eigenvalue weighted by Crippen LogP contribution is 2.25. The molecule has 1 aliphatic rings. The minimum absolute atomic E-state index is 0.596. The van der Waals surface area contributed by atoms with Crippen molar-refractivity contribution < 1.29 is 9.26 Å². The summed E-state index contributed by atoms with van der Waals surface area (Å²) in [5.74, 6) is 2.82. The highest BCUT2D eigenvalue weighted by molar-refractivity contribution is 7.09. The van der Waals surface area contributed by atoms with Gasteiger partial charge in [0, 0.05) is 48.8 Å². The lowest BCUT2D eigenvalue weighted by Gasteiger charge is -2.33. The van der Waals surface area contributed by atoms with E-state index in [1.807, 2.05) is 54.6 Å². The Morgan fingerprint density at radius 3 is 2.39 bits per heavy atom. The lowest BCUT2D eigenvalue weighted by Crippen LogP contribution is -2.46. The molecule has 0 bridgehead atoms. The lowest BCUT2D eigenvalue weighted by molar-refractivity contribution is 0.215. The molecule has 0 radical (unpaired) electrons. The third kappa shape index (κ3) is 4.42. The van der Waals surface area contributed by atoms with Crippen LogP contribution in [-0.4, -0.2) is 57.7 Å². The average molecular weight is 435 g/mol. The Morgan fingerprint density at radius 1 is 0.903 bits per heavy atom. The summed E-state index contributed by atoms with van der Waals surface area (Å²) < 4.78 is 15.2. The van der Waals surface area contributed by atoms with Crippen LogP contribution in [0.4, 0.5) is 5.13 Å². The predicted molar refractivity (Wildman–Crippen MR) is 119 cm³/mol. The van der Waals surface area contributed by atoms with Gasteiger partial charge in [-0.25, -0.2) is 0 Å². The predicted octanol–water partition coefficient (Wildman–Crippen LogP) is 3.59. The summed E-state index contributed by atoms with van der Waals surface area (Å²) in [6.07, 6.45) is 0. The monoisotopic (exact) mass is 434 g/mol. The van der Waals surface area contributed by atoms with E-state index in [1.54, 1.807) is 7.11 Å². The minimum atomic E-state index is 0.596. The number of aromatic nitrogens is 4. The number of anilines is 1. The lowest BCUT2D eigenvalue weighted by atomic mass is 10.2. The Hall–Kier alpha value is -3.30. The molecule has 1 saturated heterocycles. The van der Waals surface area contributed by atoms with Crippen LogP contribution >= 0.6 is 11.5 Å². The molecule has 2 aromatic heterocycles. The van der Waals surface area contributed by atoms with Gasteiger partial charge in [0.1, 0.15) is 5.75 Å². The summed E-state index contributed by atoms with van der Waals surface area (Å²) in [4.78, 5) is 13.9. The molecule has 3 heterocycles. The van der Waals surface area contributed by atoms with Gasteiger partial charge in [-0.3, -0.25) is 4.90 Å². The first-order valence-corrected chi connectivity index (χ1v) is 10.9. The molecule has 31 heavy (non-hydrogen) atoms. The van der Waals surface area contributed by atoms with Gasteiger partial charge in [-0.2, -0.15) is 14.3 Å². The van der Waals surface area contributed by atoms with Crippen LogP contribution in [0.3, 0.4) is 0 Å². The topological polar surface area (TPSA) is 80.4 Å². The van der Waals surface area contributed by atoms with E-state index in [9.17, 15) is 0 Å². The Kier molecular flexibility index (Phi) is 5.59. The smallest absolute Gasteiger partial charge is 0.241 e. The van der Waals surface area contributed by atoms with Crippen molar-refractivity contribution in [1.82, 2.24) is 24.4 Å². The van der Waals surface area contributed by atoms with E-state index in [1.165, 1.54) is 11.5 Å². The van der Waals surface area contributed by atoms with E-state index in [-0.39, 0.29) is 0 Å². The van der Waals surface area contributed by atoms with E-state index >= 15 is 0 Å². The highest BCUT2D eigenvalue weighted by Gasteiger charge is 2.22. The SMILES string of the molecule is COc1ccc(-c2noc(CN3CCN(c4nc(-c5ccccc5)ns4)CC3)n2)cc1. The summed E-state index contributed by atoms with van der Waals surface area (Å²) in [6, 6.07) is 17.7. The first kappa shape index (κ1) is 19.7. The van der Waals surface area contributed by atoms with E-state index in [0.29, 0.717) is 18.3 Å². The quantitative estimate of drug-likeness (QED) is 0.456. The second-order valence-corrected chi connectivity index (χ2v) is 8.00. The molecule has 4 aromatic rings. The van der Waals surface area contributed by atoms with Crippen LogP contribution < -0.4 is 9.64 Å². The van der Waals surface area contributed by atoms with E-state index in [0.717, 1.165) is 54.0 Å². The van der Waals surface area contributed by atoms with Crippen LogP contribution in [0.15, 0.2) is 59.1 Å². The Bertz CT molecular complexity index is 1120. The summed E-state index contributed by atoms with van der Waals surface area (Å²) in [6.45, 7) is 4.23. The standard InChI is InChI=1S/C22H22N6O2S/c1-29-18-9-7-17(8-10-18)20-23-19(30-25-20)15-27-11-13-28(14-12-27)22-24-21(26-31-22)16-5-3-2-4-6-16/h2-10H,11-15H2,1H3. The highest BCUT2D eigenvalue weighted by atomic mass is 32.1. The molecule has 0 aliphatic carbocycles. The van der Waals surface area contributed by atoms with Gasteiger partial charge < -0.3 is 14.2 Å². The molecule has 9 heteroatoms. The molecule has 0 N–H and O–H groups in total. The van der Waals surface area contributed by atoms with Gasteiger partial charge in [-0.05, 0) is 24.3 Å². The van der Waals surface area contributed by atoms with Crippen molar-refractivity contribution in [3.05, 3.63) is 60.5 Å². The number of hydrogen-bond acceptors (Lipinski definition) is 9. The van der Waals surface area contributed by atoms with Crippen molar-refractivity contribution in [2.24, 2.45) is 0 Å². The van der Waals surface area contributed by atoms with Crippen molar-refractivity contribution in [2.45, 2.75) is 6.54 Å². The van der Waals surface area contributed by atoms with Crippen LogP contribution in [0.1, 0.15) is 5.89 Å². The van der Waals surface area contributed by atoms with Crippen LogP contribution in [0, 0.1) is 0 Å². The number of benzene rings is 2. The number of hydrogen-bond donors (Lipinski definition) is 0. The second kappa shape index (κ2) is 8.83. The summed E-state index contributed by atoms with van der Waals surface area (Å²) in [7, 11) is 1.65. The van der Waals surface area contributed by atoms with Crippen molar-refractivity contribution in [1.29, 1.82) is 0 Å². The van der Waals surface area contributed by atoms with Crippen LogP contribution in [0.2, 0.25) is 0 Å². The minimum Gasteiger partial charge on any atom is -0.497 e. The van der Waals surface area contributed by atoms with Gasteiger partial charge in [-0.15, -0.1) is 0 Å². The largest absolute Gasteiger partial charge is 0.497 e. The second-order valence-electron chi connectivity index (χ2n) is 7.27. The summed E-state index contributed by atoms with van der Waals surface area (Å²) in [5, 5.41) is 5.09. The summed E-state index contributed by atoms with van der Waals surface area (Å²) >= 11 is 1.46. The van der Waals surface area contributed by atoms with Crippen molar-refractivity contribution in [3.63, 3.8) is 0 Å². The van der Waals surface area contributed by atoms with Crippen LogP contribution in [-0.2, 0) is 6.54 Å². The molecule has 2 aromatic carbocycles. The molecule has 158 valence electrons. The van der Waals surface area contributed by atoms with E-state index < -0.39 is 0 Å². The number of ether oxygens (including phenoxy) is 1. The van der Waals surface area contributed by atoms with Crippen LogP contribution in [0.5, 0.6) is 5.75 Å². The zero-order valence-electron chi connectivity index (χ0n) is 17.1. The third-order valence-electron chi connectivity index (χ3n) is 5.27. The van der Waals surface area contributed by atoms with E-state index in [4.69, 9.17) is 14.2 Å². The van der Waals surface area contributed by atoms with Crippen molar-refractivity contribution in [2.75, 3.05) is 38.2 Å². The fourth-order valence-electron chi connectivity index (χ4n) is 3.51. The maximum Gasteiger partial charge on any atom is 0.241 e.